The molecule has 84 valence electrons. The van der Waals surface area contributed by atoms with Gasteiger partial charge in [0, 0.05) is 0 Å². The number of benzene rings is 1. The van der Waals surface area contributed by atoms with E-state index >= 15 is 0 Å². The van der Waals surface area contributed by atoms with Crippen molar-refractivity contribution >= 4 is 0 Å². The van der Waals surface area contributed by atoms with Gasteiger partial charge in [-0.1, -0.05) is 13.0 Å². The molecule has 0 heterocycles. The highest BCUT2D eigenvalue weighted by atomic mass is 19.1. The monoisotopic (exact) mass is 212 g/mol. The van der Waals surface area contributed by atoms with Crippen molar-refractivity contribution in [2.75, 3.05) is 0 Å². The lowest BCUT2D eigenvalue weighted by atomic mass is 9.90. The Morgan fingerprint density at radius 2 is 2.00 bits per heavy atom. The zero-order valence-electron chi connectivity index (χ0n) is 9.29. The Hall–Kier alpha value is -0.930. The summed E-state index contributed by atoms with van der Waals surface area (Å²) < 4.78 is 13.1. The smallest absolute Gasteiger partial charge is 0.123 e. The van der Waals surface area contributed by atoms with Gasteiger partial charge in [0.05, 0.1) is 5.60 Å². The lowest BCUT2D eigenvalue weighted by Gasteiger charge is -2.28. The minimum absolute atomic E-state index is 0.393. The molecular formula is C12H17FO2. The first kappa shape index (κ1) is 12.1. The molecule has 3 heteroatoms. The maximum Gasteiger partial charge on any atom is 0.123 e. The third-order valence-corrected chi connectivity index (χ3v) is 2.69. The van der Waals surface area contributed by atoms with Gasteiger partial charge in [-0.05, 0) is 43.5 Å². The van der Waals surface area contributed by atoms with Gasteiger partial charge >= 0.3 is 0 Å². The van der Waals surface area contributed by atoms with E-state index in [1.165, 1.54) is 19.1 Å². The molecule has 15 heavy (non-hydrogen) atoms. The Morgan fingerprint density at radius 3 is 2.47 bits per heavy atom. The van der Waals surface area contributed by atoms with Gasteiger partial charge in [-0.2, -0.15) is 0 Å². The van der Waals surface area contributed by atoms with E-state index < -0.39 is 17.5 Å². The fraction of sp³-hybridized carbons (Fsp3) is 0.500. The Morgan fingerprint density at radius 1 is 1.40 bits per heavy atom. The highest BCUT2D eigenvalue weighted by molar-refractivity contribution is 5.26. The quantitative estimate of drug-likeness (QED) is 0.807. The number of rotatable bonds is 3. The van der Waals surface area contributed by atoms with Gasteiger partial charge in [0.15, 0.2) is 0 Å². The van der Waals surface area contributed by atoms with Crippen molar-refractivity contribution in [3.8, 4) is 0 Å². The second kappa shape index (κ2) is 4.29. The van der Waals surface area contributed by atoms with Gasteiger partial charge in [0.1, 0.15) is 11.9 Å². The predicted molar refractivity (Wildman–Crippen MR) is 57.0 cm³/mol. The second-order valence-corrected chi connectivity index (χ2v) is 4.18. The maximum absolute atomic E-state index is 13.1. The van der Waals surface area contributed by atoms with Crippen molar-refractivity contribution < 1.29 is 14.6 Å². The van der Waals surface area contributed by atoms with Crippen molar-refractivity contribution in [2.45, 2.75) is 38.9 Å². The van der Waals surface area contributed by atoms with Crippen LogP contribution in [0.4, 0.5) is 4.39 Å². The maximum atomic E-state index is 13.1. The summed E-state index contributed by atoms with van der Waals surface area (Å²) in [5.41, 5.74) is -0.0736. The fourth-order valence-electron chi connectivity index (χ4n) is 1.47. The standard InChI is InChI=1S/C12H17FO2/c1-4-12(3,15)11(14)9-5-8(2)6-10(13)7-9/h5-7,11,14-15H,4H2,1-3H3. The molecule has 1 aromatic rings. The molecule has 2 nitrogen and oxygen atoms in total. The molecule has 0 bridgehead atoms. The molecule has 1 rings (SSSR count). The highest BCUT2D eigenvalue weighted by Crippen LogP contribution is 2.29. The van der Waals surface area contributed by atoms with Gasteiger partial charge < -0.3 is 10.2 Å². The van der Waals surface area contributed by atoms with E-state index in [4.69, 9.17) is 0 Å². The van der Waals surface area contributed by atoms with E-state index in [9.17, 15) is 14.6 Å². The number of aliphatic hydroxyl groups is 2. The second-order valence-electron chi connectivity index (χ2n) is 4.18. The summed E-state index contributed by atoms with van der Waals surface area (Å²) in [4.78, 5) is 0. The predicted octanol–water partition coefficient (Wildman–Crippen LogP) is 2.33. The number of hydrogen-bond donors (Lipinski definition) is 2. The molecule has 0 aliphatic carbocycles. The summed E-state index contributed by atoms with van der Waals surface area (Å²) in [5, 5.41) is 19.7. The summed E-state index contributed by atoms with van der Waals surface area (Å²) in [7, 11) is 0. The van der Waals surface area contributed by atoms with Crippen LogP contribution in [0.3, 0.4) is 0 Å². The molecule has 1 aromatic carbocycles. The van der Waals surface area contributed by atoms with Crippen LogP contribution in [-0.2, 0) is 0 Å². The van der Waals surface area contributed by atoms with Gasteiger partial charge in [-0.3, -0.25) is 0 Å². The number of halogens is 1. The van der Waals surface area contributed by atoms with Crippen LogP contribution in [0.5, 0.6) is 0 Å². The summed E-state index contributed by atoms with van der Waals surface area (Å²) in [6.45, 7) is 5.06. The van der Waals surface area contributed by atoms with Crippen LogP contribution in [0.15, 0.2) is 18.2 Å². The summed E-state index contributed by atoms with van der Waals surface area (Å²) in [6, 6.07) is 4.32. The molecule has 2 N–H and O–H groups in total. The zero-order chi connectivity index (χ0) is 11.6. The third-order valence-electron chi connectivity index (χ3n) is 2.69. The van der Waals surface area contributed by atoms with Crippen molar-refractivity contribution in [2.24, 2.45) is 0 Å². The van der Waals surface area contributed by atoms with Gasteiger partial charge in [-0.15, -0.1) is 0 Å². The lowest BCUT2D eigenvalue weighted by Crippen LogP contribution is -2.31. The Kier molecular flexibility index (Phi) is 3.47. The molecule has 0 fully saturated rings. The van der Waals surface area contributed by atoms with Crippen LogP contribution in [0, 0.1) is 12.7 Å². The van der Waals surface area contributed by atoms with E-state index in [1.807, 2.05) is 0 Å². The number of aliphatic hydroxyl groups excluding tert-OH is 1. The fourth-order valence-corrected chi connectivity index (χ4v) is 1.47. The minimum atomic E-state index is -1.22. The number of hydrogen-bond acceptors (Lipinski definition) is 2. The first-order valence-electron chi connectivity index (χ1n) is 5.04. The van der Waals surface area contributed by atoms with Gasteiger partial charge in [0.2, 0.25) is 0 Å². The average molecular weight is 212 g/mol. The molecule has 0 radical (unpaired) electrons. The Balaban J connectivity index is 3.06. The molecule has 0 aliphatic heterocycles. The Bertz CT molecular complexity index is 327. The normalized spacial score (nSPS) is 17.2. The average Bonchev–Trinajstić information content (AvgIpc) is 2.15. The van der Waals surface area contributed by atoms with Crippen LogP contribution < -0.4 is 0 Å². The van der Waals surface area contributed by atoms with Crippen LogP contribution in [0.2, 0.25) is 0 Å². The largest absolute Gasteiger partial charge is 0.387 e. The molecule has 0 saturated heterocycles. The van der Waals surface area contributed by atoms with Gasteiger partial charge in [-0.25, -0.2) is 4.39 Å². The first-order chi connectivity index (χ1) is 6.86. The van der Waals surface area contributed by atoms with Crippen molar-refractivity contribution in [1.82, 2.24) is 0 Å². The van der Waals surface area contributed by atoms with Crippen LogP contribution in [-0.4, -0.2) is 15.8 Å². The first-order valence-corrected chi connectivity index (χ1v) is 5.04. The van der Waals surface area contributed by atoms with Crippen molar-refractivity contribution in [3.63, 3.8) is 0 Å². The van der Waals surface area contributed by atoms with Crippen LogP contribution >= 0.6 is 0 Å². The third kappa shape index (κ3) is 2.76. The van der Waals surface area contributed by atoms with E-state index in [-0.39, 0.29) is 0 Å². The Labute approximate surface area is 89.4 Å². The van der Waals surface area contributed by atoms with E-state index in [0.717, 1.165) is 5.56 Å². The highest BCUT2D eigenvalue weighted by Gasteiger charge is 2.29. The molecule has 2 unspecified atom stereocenters. The van der Waals surface area contributed by atoms with Crippen molar-refractivity contribution in [1.29, 1.82) is 0 Å². The molecule has 2 atom stereocenters. The molecule has 0 spiro atoms. The van der Waals surface area contributed by atoms with Gasteiger partial charge in [0.25, 0.3) is 0 Å². The minimum Gasteiger partial charge on any atom is -0.387 e. The molecule has 0 saturated carbocycles. The summed E-state index contributed by atoms with van der Waals surface area (Å²) in [6.07, 6.45) is -0.652. The molecule has 0 aromatic heterocycles. The topological polar surface area (TPSA) is 40.5 Å². The van der Waals surface area contributed by atoms with E-state index in [2.05, 4.69) is 0 Å². The van der Waals surface area contributed by atoms with E-state index in [1.54, 1.807) is 19.9 Å². The lowest BCUT2D eigenvalue weighted by molar-refractivity contribution is -0.0659. The molecule has 0 amide bonds. The zero-order valence-corrected chi connectivity index (χ0v) is 9.29. The van der Waals surface area contributed by atoms with Crippen molar-refractivity contribution in [3.05, 3.63) is 35.1 Å². The summed E-state index contributed by atoms with van der Waals surface area (Å²) in [5.74, 6) is -0.393. The molecular weight excluding hydrogens is 195 g/mol. The van der Waals surface area contributed by atoms with Crippen LogP contribution in [0.25, 0.3) is 0 Å². The summed E-state index contributed by atoms with van der Waals surface area (Å²) >= 11 is 0. The number of aryl methyl sites for hydroxylation is 1. The SMILES string of the molecule is CCC(C)(O)C(O)c1cc(C)cc(F)c1. The molecule has 0 aliphatic rings. The van der Waals surface area contributed by atoms with Crippen LogP contribution in [0.1, 0.15) is 37.5 Å². The van der Waals surface area contributed by atoms with E-state index in [0.29, 0.717) is 12.0 Å².